The van der Waals surface area contributed by atoms with Crippen molar-refractivity contribution in [2.45, 2.75) is 38.4 Å². The highest BCUT2D eigenvalue weighted by Gasteiger charge is 2.16. The van der Waals surface area contributed by atoms with Crippen LogP contribution in [0.1, 0.15) is 25.0 Å². The van der Waals surface area contributed by atoms with Gasteiger partial charge in [-0.05, 0) is 43.0 Å². The van der Waals surface area contributed by atoms with Crippen LogP contribution in [0.25, 0.3) is 22.5 Å². The highest BCUT2D eigenvalue weighted by atomic mass is 32.2. The third-order valence-electron chi connectivity index (χ3n) is 5.09. The number of amides is 1. The summed E-state index contributed by atoms with van der Waals surface area (Å²) in [6, 6.07) is 10.0. The molecule has 0 bridgehead atoms. The number of aryl methyl sites for hydroxylation is 1. The highest BCUT2D eigenvalue weighted by Crippen LogP contribution is 2.24. The number of aromatic amines is 1. The molecule has 8 heteroatoms. The molecular weight excluding hydrogens is 398 g/mol. The number of nitrogens with zero attached hydrogens (tertiary/aromatic N) is 3. The van der Waals surface area contributed by atoms with Crippen molar-refractivity contribution in [3.63, 3.8) is 0 Å². The fourth-order valence-electron chi connectivity index (χ4n) is 3.56. The van der Waals surface area contributed by atoms with Gasteiger partial charge in [0.2, 0.25) is 5.91 Å². The van der Waals surface area contributed by atoms with Gasteiger partial charge in [0.25, 0.3) is 0 Å². The third-order valence-corrected chi connectivity index (χ3v) is 6.06. The summed E-state index contributed by atoms with van der Waals surface area (Å²) in [5.74, 6) is 1.63. The minimum atomic E-state index is -0.0145. The first-order valence-corrected chi connectivity index (χ1v) is 11.1. The van der Waals surface area contributed by atoms with Gasteiger partial charge in [-0.2, -0.15) is 0 Å². The van der Waals surface area contributed by atoms with Gasteiger partial charge in [-0.15, -0.1) is 10.2 Å². The SMILES string of the molecule is CCc1cccc2c(CCNC(=O)CSc3nnc(-c4ccco4)n3CC)c[nH]c12. The number of fused-ring (bicyclic) bond motifs is 1. The number of carbonyl (C=O) groups excluding carboxylic acids is 1. The van der Waals surface area contributed by atoms with Crippen LogP contribution in [-0.4, -0.2) is 38.0 Å². The van der Waals surface area contributed by atoms with E-state index in [1.165, 1.54) is 33.8 Å². The number of para-hydroxylation sites is 1. The van der Waals surface area contributed by atoms with Gasteiger partial charge in [-0.3, -0.25) is 9.36 Å². The Morgan fingerprint density at radius 1 is 1.20 bits per heavy atom. The largest absolute Gasteiger partial charge is 0.461 e. The molecule has 0 aliphatic carbocycles. The molecule has 30 heavy (non-hydrogen) atoms. The van der Waals surface area contributed by atoms with Crippen molar-refractivity contribution in [2.75, 3.05) is 12.3 Å². The summed E-state index contributed by atoms with van der Waals surface area (Å²) in [5.41, 5.74) is 3.73. The number of hydrogen-bond acceptors (Lipinski definition) is 5. The molecular formula is C22H25N5O2S. The summed E-state index contributed by atoms with van der Waals surface area (Å²) < 4.78 is 7.37. The summed E-state index contributed by atoms with van der Waals surface area (Å²) >= 11 is 1.38. The fraction of sp³-hybridized carbons (Fsp3) is 0.318. The first-order valence-electron chi connectivity index (χ1n) is 10.2. The van der Waals surface area contributed by atoms with Gasteiger partial charge in [0.05, 0.1) is 12.0 Å². The summed E-state index contributed by atoms with van der Waals surface area (Å²) in [6.07, 6.45) is 5.44. The molecule has 4 rings (SSSR count). The number of furan rings is 1. The van der Waals surface area contributed by atoms with E-state index in [0.29, 0.717) is 35.6 Å². The van der Waals surface area contributed by atoms with Gasteiger partial charge in [0.15, 0.2) is 16.7 Å². The van der Waals surface area contributed by atoms with Crippen LogP contribution >= 0.6 is 11.8 Å². The molecule has 0 fully saturated rings. The van der Waals surface area contributed by atoms with E-state index in [1.807, 2.05) is 29.8 Å². The van der Waals surface area contributed by atoms with Crippen molar-refractivity contribution in [3.8, 4) is 11.6 Å². The predicted molar refractivity (Wildman–Crippen MR) is 119 cm³/mol. The maximum Gasteiger partial charge on any atom is 0.230 e. The highest BCUT2D eigenvalue weighted by molar-refractivity contribution is 7.99. The minimum Gasteiger partial charge on any atom is -0.461 e. The van der Waals surface area contributed by atoms with Crippen LogP contribution in [0, 0.1) is 0 Å². The van der Waals surface area contributed by atoms with E-state index in [9.17, 15) is 4.79 Å². The lowest BCUT2D eigenvalue weighted by Gasteiger charge is -2.07. The summed E-state index contributed by atoms with van der Waals surface area (Å²) in [5, 5.41) is 13.4. The quantitative estimate of drug-likeness (QED) is 0.397. The summed E-state index contributed by atoms with van der Waals surface area (Å²) in [7, 11) is 0. The summed E-state index contributed by atoms with van der Waals surface area (Å²) in [4.78, 5) is 15.7. The maximum atomic E-state index is 12.3. The van der Waals surface area contributed by atoms with E-state index in [0.717, 1.165) is 12.8 Å². The third kappa shape index (κ3) is 4.14. The molecule has 0 saturated carbocycles. The average molecular weight is 424 g/mol. The molecule has 4 aromatic rings. The first-order chi connectivity index (χ1) is 14.7. The van der Waals surface area contributed by atoms with Crippen molar-refractivity contribution in [1.82, 2.24) is 25.1 Å². The van der Waals surface area contributed by atoms with E-state index in [1.54, 1.807) is 6.26 Å². The minimum absolute atomic E-state index is 0.0145. The van der Waals surface area contributed by atoms with Gasteiger partial charge in [0, 0.05) is 30.2 Å². The van der Waals surface area contributed by atoms with Gasteiger partial charge < -0.3 is 14.7 Å². The van der Waals surface area contributed by atoms with Crippen LogP contribution in [0.15, 0.2) is 52.4 Å². The predicted octanol–water partition coefficient (Wildman–Crippen LogP) is 4.05. The van der Waals surface area contributed by atoms with Crippen molar-refractivity contribution in [1.29, 1.82) is 0 Å². The van der Waals surface area contributed by atoms with E-state index in [-0.39, 0.29) is 5.91 Å². The van der Waals surface area contributed by atoms with Crippen molar-refractivity contribution < 1.29 is 9.21 Å². The Bertz CT molecular complexity index is 1130. The lowest BCUT2D eigenvalue weighted by Crippen LogP contribution is -2.27. The lowest BCUT2D eigenvalue weighted by molar-refractivity contribution is -0.118. The summed E-state index contributed by atoms with van der Waals surface area (Å²) in [6.45, 7) is 5.48. The normalized spacial score (nSPS) is 11.3. The van der Waals surface area contributed by atoms with Crippen LogP contribution in [0.3, 0.4) is 0 Å². The number of hydrogen-bond donors (Lipinski definition) is 2. The van der Waals surface area contributed by atoms with Crippen LogP contribution in [0.2, 0.25) is 0 Å². The van der Waals surface area contributed by atoms with Gasteiger partial charge in [0.1, 0.15) is 0 Å². The van der Waals surface area contributed by atoms with Crippen molar-refractivity contribution in [3.05, 3.63) is 53.9 Å². The Morgan fingerprint density at radius 3 is 2.87 bits per heavy atom. The van der Waals surface area contributed by atoms with Gasteiger partial charge in [-0.1, -0.05) is 36.9 Å². The van der Waals surface area contributed by atoms with E-state index in [2.05, 4.69) is 45.6 Å². The Morgan fingerprint density at radius 2 is 2.10 bits per heavy atom. The zero-order valence-corrected chi connectivity index (χ0v) is 18.0. The average Bonchev–Trinajstić information content (AvgIpc) is 3.51. The number of carbonyl (C=O) groups is 1. The zero-order chi connectivity index (χ0) is 20.9. The molecule has 0 radical (unpaired) electrons. The second-order valence-electron chi connectivity index (χ2n) is 6.92. The van der Waals surface area contributed by atoms with Gasteiger partial charge >= 0.3 is 0 Å². The number of benzene rings is 1. The molecule has 156 valence electrons. The second-order valence-corrected chi connectivity index (χ2v) is 7.87. The van der Waals surface area contributed by atoms with Crippen LogP contribution in [0.5, 0.6) is 0 Å². The van der Waals surface area contributed by atoms with Crippen LogP contribution < -0.4 is 5.32 Å². The molecule has 0 aliphatic heterocycles. The topological polar surface area (TPSA) is 88.7 Å². The molecule has 0 saturated heterocycles. The Kier molecular flexibility index (Phi) is 6.23. The smallest absolute Gasteiger partial charge is 0.230 e. The van der Waals surface area contributed by atoms with E-state index >= 15 is 0 Å². The lowest BCUT2D eigenvalue weighted by atomic mass is 10.1. The number of thioether (sulfide) groups is 1. The van der Waals surface area contributed by atoms with Gasteiger partial charge in [-0.25, -0.2) is 0 Å². The van der Waals surface area contributed by atoms with Crippen LogP contribution in [-0.2, 0) is 24.2 Å². The molecule has 3 heterocycles. The van der Waals surface area contributed by atoms with E-state index in [4.69, 9.17) is 4.42 Å². The number of H-pyrrole nitrogens is 1. The molecule has 0 unspecified atom stereocenters. The molecule has 1 amide bonds. The molecule has 2 N–H and O–H groups in total. The number of rotatable bonds is 9. The Hall–Kier alpha value is -3.00. The Labute approximate surface area is 179 Å². The molecule has 1 aromatic carbocycles. The molecule has 0 spiro atoms. The first kappa shape index (κ1) is 20.3. The van der Waals surface area contributed by atoms with Crippen LogP contribution in [0.4, 0.5) is 0 Å². The molecule has 3 aromatic heterocycles. The second kappa shape index (κ2) is 9.21. The fourth-order valence-corrected chi connectivity index (χ4v) is 4.40. The van der Waals surface area contributed by atoms with E-state index < -0.39 is 0 Å². The Balaban J connectivity index is 1.31. The standard InChI is InChI=1S/C22H25N5O2S/c1-3-15-7-5-8-17-16(13-24-20(15)17)10-11-23-19(28)14-30-22-26-25-21(27(22)4-2)18-9-6-12-29-18/h5-9,12-13,24H,3-4,10-11,14H2,1-2H3,(H,23,28). The number of aromatic nitrogens is 4. The maximum absolute atomic E-state index is 12.3. The van der Waals surface area contributed by atoms with Crippen molar-refractivity contribution in [2.24, 2.45) is 0 Å². The molecule has 0 atom stereocenters. The number of nitrogens with one attached hydrogen (secondary N) is 2. The zero-order valence-electron chi connectivity index (χ0n) is 17.1. The van der Waals surface area contributed by atoms with Crippen molar-refractivity contribution >= 4 is 28.6 Å². The molecule has 7 nitrogen and oxygen atoms in total. The monoisotopic (exact) mass is 423 g/mol. The molecule has 0 aliphatic rings.